The third kappa shape index (κ3) is 5.85. The molecule has 0 saturated carbocycles. The number of amides is 2. The second kappa shape index (κ2) is 9.15. The third-order valence-corrected chi connectivity index (χ3v) is 5.49. The molecule has 2 aromatic rings. The molecule has 0 aliphatic rings. The number of anilines is 3. The maximum atomic E-state index is 12.7. The van der Waals surface area contributed by atoms with Gasteiger partial charge >= 0.3 is 0 Å². The molecule has 0 fully saturated rings. The highest BCUT2D eigenvalue weighted by Gasteiger charge is 2.29. The summed E-state index contributed by atoms with van der Waals surface area (Å²) in [7, 11) is -2.34. The van der Waals surface area contributed by atoms with Gasteiger partial charge in [0, 0.05) is 18.3 Å². The minimum Gasteiger partial charge on any atom is -0.495 e. The van der Waals surface area contributed by atoms with Crippen molar-refractivity contribution >= 4 is 50.5 Å². The lowest BCUT2D eigenvalue weighted by Crippen LogP contribution is -2.45. The van der Waals surface area contributed by atoms with Crippen molar-refractivity contribution in [2.45, 2.75) is 19.9 Å². The second-order valence-corrected chi connectivity index (χ2v) is 8.57. The van der Waals surface area contributed by atoms with Crippen molar-refractivity contribution in [1.82, 2.24) is 0 Å². The van der Waals surface area contributed by atoms with Gasteiger partial charge in [-0.25, -0.2) is 8.42 Å². The molecule has 0 bridgehead atoms. The largest absolute Gasteiger partial charge is 0.495 e. The van der Waals surface area contributed by atoms with Gasteiger partial charge in [-0.1, -0.05) is 11.6 Å². The van der Waals surface area contributed by atoms with Crippen LogP contribution < -0.4 is 19.7 Å². The highest BCUT2D eigenvalue weighted by Crippen LogP contribution is 2.31. The Morgan fingerprint density at radius 3 is 2.07 bits per heavy atom. The number of carbonyl (C=O) groups excluding carboxylic acids is 2. The predicted molar refractivity (Wildman–Crippen MR) is 114 cm³/mol. The summed E-state index contributed by atoms with van der Waals surface area (Å²) in [5, 5.41) is 5.51. The molecule has 10 heteroatoms. The standard InChI is InChI=1S/C19H22ClN3O5S/c1-12(19(25)22-15-7-5-14(6-8-15)21-13(2)24)23(29(4,26)27)16-9-10-18(28-3)17(20)11-16/h5-12H,1-4H3,(H,21,24)(H,22,25)/t12-/m1/s1. The highest BCUT2D eigenvalue weighted by molar-refractivity contribution is 7.92. The minimum absolute atomic E-state index is 0.211. The van der Waals surface area contributed by atoms with Gasteiger partial charge in [-0.2, -0.15) is 0 Å². The van der Waals surface area contributed by atoms with E-state index in [9.17, 15) is 18.0 Å². The van der Waals surface area contributed by atoms with E-state index in [-0.39, 0.29) is 16.6 Å². The Morgan fingerprint density at radius 1 is 1.07 bits per heavy atom. The van der Waals surface area contributed by atoms with Gasteiger partial charge in [-0.15, -0.1) is 0 Å². The van der Waals surface area contributed by atoms with Crippen molar-refractivity contribution in [2.24, 2.45) is 0 Å². The molecule has 0 aromatic heterocycles. The van der Waals surface area contributed by atoms with Crippen LogP contribution in [0.2, 0.25) is 5.02 Å². The summed E-state index contributed by atoms with van der Waals surface area (Å²) in [6, 6.07) is 9.87. The first kappa shape index (κ1) is 22.5. The van der Waals surface area contributed by atoms with Gasteiger partial charge in [0.25, 0.3) is 0 Å². The molecular formula is C19H22ClN3O5S. The topological polar surface area (TPSA) is 105 Å². The molecule has 2 amide bonds. The van der Waals surface area contributed by atoms with Crippen molar-refractivity contribution in [2.75, 3.05) is 28.3 Å². The van der Waals surface area contributed by atoms with Crippen molar-refractivity contribution in [1.29, 1.82) is 0 Å². The van der Waals surface area contributed by atoms with Gasteiger partial charge < -0.3 is 15.4 Å². The summed E-state index contributed by atoms with van der Waals surface area (Å²) >= 11 is 6.11. The summed E-state index contributed by atoms with van der Waals surface area (Å²) in [5.74, 6) is -0.354. The number of sulfonamides is 1. The second-order valence-electron chi connectivity index (χ2n) is 6.30. The Morgan fingerprint density at radius 2 is 1.62 bits per heavy atom. The molecule has 0 heterocycles. The number of nitrogens with one attached hydrogen (secondary N) is 2. The zero-order valence-corrected chi connectivity index (χ0v) is 18.0. The molecule has 156 valence electrons. The van der Waals surface area contributed by atoms with Crippen LogP contribution in [0.15, 0.2) is 42.5 Å². The van der Waals surface area contributed by atoms with E-state index in [1.165, 1.54) is 39.2 Å². The average molecular weight is 440 g/mol. The lowest BCUT2D eigenvalue weighted by atomic mass is 10.2. The SMILES string of the molecule is COc1ccc(N([C@H](C)C(=O)Nc2ccc(NC(C)=O)cc2)S(C)(=O)=O)cc1Cl. The Kier molecular flexibility index (Phi) is 7.10. The van der Waals surface area contributed by atoms with E-state index in [1.807, 2.05) is 0 Å². The molecule has 2 N–H and O–H groups in total. The third-order valence-electron chi connectivity index (χ3n) is 3.95. The maximum absolute atomic E-state index is 12.7. The minimum atomic E-state index is -3.79. The van der Waals surface area contributed by atoms with Crippen molar-refractivity contribution in [3.63, 3.8) is 0 Å². The summed E-state index contributed by atoms with van der Waals surface area (Å²) in [5.41, 5.74) is 1.27. The van der Waals surface area contributed by atoms with Gasteiger partial charge in [-0.3, -0.25) is 13.9 Å². The number of hydrogen-bond acceptors (Lipinski definition) is 5. The van der Waals surface area contributed by atoms with Gasteiger partial charge in [0.2, 0.25) is 21.8 Å². The molecule has 2 rings (SSSR count). The average Bonchev–Trinajstić information content (AvgIpc) is 2.62. The quantitative estimate of drug-likeness (QED) is 0.689. The van der Waals surface area contributed by atoms with Gasteiger partial charge in [-0.05, 0) is 49.4 Å². The molecule has 0 aliphatic carbocycles. The van der Waals surface area contributed by atoms with Crippen LogP contribution in [0.25, 0.3) is 0 Å². The summed E-state index contributed by atoms with van der Waals surface area (Å²) in [4.78, 5) is 23.8. The molecule has 0 unspecified atom stereocenters. The molecule has 1 atom stereocenters. The van der Waals surface area contributed by atoms with E-state index in [1.54, 1.807) is 24.3 Å². The molecule has 0 aliphatic heterocycles. The van der Waals surface area contributed by atoms with Gasteiger partial charge in [0.15, 0.2) is 0 Å². The first-order valence-corrected chi connectivity index (χ1v) is 10.8. The maximum Gasteiger partial charge on any atom is 0.247 e. The van der Waals surface area contributed by atoms with Crippen LogP contribution in [0.5, 0.6) is 5.75 Å². The van der Waals surface area contributed by atoms with E-state index in [2.05, 4.69) is 10.6 Å². The van der Waals surface area contributed by atoms with Gasteiger partial charge in [0.1, 0.15) is 11.8 Å². The molecular weight excluding hydrogens is 418 g/mol. The molecule has 29 heavy (non-hydrogen) atoms. The number of methoxy groups -OCH3 is 1. The van der Waals surface area contributed by atoms with Crippen molar-refractivity contribution in [3.05, 3.63) is 47.5 Å². The number of hydrogen-bond donors (Lipinski definition) is 2. The fourth-order valence-corrected chi connectivity index (χ4v) is 4.11. The highest BCUT2D eigenvalue weighted by atomic mass is 35.5. The number of nitrogens with zero attached hydrogens (tertiary/aromatic N) is 1. The summed E-state index contributed by atoms with van der Waals surface area (Å²) < 4.78 is 30.8. The van der Waals surface area contributed by atoms with Crippen molar-refractivity contribution < 1.29 is 22.7 Å². The van der Waals surface area contributed by atoms with E-state index in [0.717, 1.165) is 10.6 Å². The van der Waals surface area contributed by atoms with E-state index < -0.39 is 22.0 Å². The Bertz CT molecular complexity index is 1010. The number of carbonyl (C=O) groups is 2. The zero-order valence-electron chi connectivity index (χ0n) is 16.4. The Hall–Kier alpha value is -2.78. The van der Waals surface area contributed by atoms with E-state index in [4.69, 9.17) is 16.3 Å². The number of rotatable bonds is 7. The van der Waals surface area contributed by atoms with E-state index in [0.29, 0.717) is 17.1 Å². The summed E-state index contributed by atoms with van der Waals surface area (Å²) in [6.45, 7) is 2.86. The van der Waals surface area contributed by atoms with Gasteiger partial charge in [0.05, 0.1) is 24.1 Å². The molecule has 0 saturated heterocycles. The van der Waals surface area contributed by atoms with Crippen LogP contribution in [-0.4, -0.2) is 39.6 Å². The Labute approximate surface area is 174 Å². The zero-order chi connectivity index (χ0) is 21.8. The fourth-order valence-electron chi connectivity index (χ4n) is 2.69. The lowest BCUT2D eigenvalue weighted by Gasteiger charge is -2.28. The van der Waals surface area contributed by atoms with Crippen molar-refractivity contribution in [3.8, 4) is 5.75 Å². The molecule has 0 spiro atoms. The van der Waals surface area contributed by atoms with Crippen LogP contribution in [0, 0.1) is 0 Å². The molecule has 8 nitrogen and oxygen atoms in total. The smallest absolute Gasteiger partial charge is 0.247 e. The normalized spacial score (nSPS) is 12.0. The van der Waals surface area contributed by atoms with E-state index >= 15 is 0 Å². The van der Waals surface area contributed by atoms with Crippen LogP contribution in [0.1, 0.15) is 13.8 Å². The lowest BCUT2D eigenvalue weighted by molar-refractivity contribution is -0.117. The Balaban J connectivity index is 2.25. The number of halogens is 1. The van der Waals surface area contributed by atoms with Crippen LogP contribution in [0.3, 0.4) is 0 Å². The summed E-state index contributed by atoms with van der Waals surface area (Å²) in [6.07, 6.45) is 1.01. The fraction of sp³-hybridized carbons (Fsp3) is 0.263. The monoisotopic (exact) mass is 439 g/mol. The van der Waals surface area contributed by atoms with Crippen LogP contribution in [0.4, 0.5) is 17.1 Å². The number of benzene rings is 2. The molecule has 0 radical (unpaired) electrons. The first-order chi connectivity index (χ1) is 13.5. The number of ether oxygens (including phenoxy) is 1. The predicted octanol–water partition coefficient (Wildman–Crippen LogP) is 3.10. The van der Waals surface area contributed by atoms with Crippen LogP contribution >= 0.6 is 11.6 Å². The molecule has 2 aromatic carbocycles. The van der Waals surface area contributed by atoms with Crippen LogP contribution in [-0.2, 0) is 19.6 Å². The first-order valence-electron chi connectivity index (χ1n) is 8.54.